The summed E-state index contributed by atoms with van der Waals surface area (Å²) in [5.41, 5.74) is 0. The maximum atomic E-state index is 12.3. The van der Waals surface area contributed by atoms with E-state index in [4.69, 9.17) is 14.6 Å². The first kappa shape index (κ1) is 17.7. The Kier molecular flexibility index (Phi) is 6.94. The average molecular weight is 317 g/mol. The molecule has 1 aromatic rings. The summed E-state index contributed by atoms with van der Waals surface area (Å²) in [4.78, 5) is 0.0738. The molecule has 0 fully saturated rings. The van der Waals surface area contributed by atoms with Crippen molar-refractivity contribution >= 4 is 10.0 Å². The predicted octanol–water partition coefficient (Wildman–Crippen LogP) is 1.39. The zero-order chi connectivity index (χ0) is 15.9. The van der Waals surface area contributed by atoms with E-state index in [1.807, 2.05) is 6.92 Å². The highest BCUT2D eigenvalue weighted by molar-refractivity contribution is 7.89. The molecule has 1 atom stereocenters. The molecule has 0 amide bonds. The van der Waals surface area contributed by atoms with Crippen LogP contribution in [0.5, 0.6) is 11.5 Å². The molecule has 0 heterocycles. The molecule has 7 heteroatoms. The summed E-state index contributed by atoms with van der Waals surface area (Å²) in [6.45, 7) is 2.29. The van der Waals surface area contributed by atoms with Crippen LogP contribution in [0.25, 0.3) is 0 Å². The fourth-order valence-corrected chi connectivity index (χ4v) is 3.20. The van der Waals surface area contributed by atoms with Crippen molar-refractivity contribution in [1.29, 1.82) is 0 Å². The number of aliphatic hydroxyl groups is 1. The largest absolute Gasteiger partial charge is 0.497 e. The van der Waals surface area contributed by atoms with Gasteiger partial charge in [-0.15, -0.1) is 0 Å². The third kappa shape index (κ3) is 4.87. The van der Waals surface area contributed by atoms with E-state index in [-0.39, 0.29) is 29.7 Å². The Morgan fingerprint density at radius 2 is 2.00 bits per heavy atom. The SMILES string of the molecule is CCC(CCO)CNS(=O)(=O)c1ccc(OC)cc1OC. The number of hydrogen-bond donors (Lipinski definition) is 2. The number of nitrogens with one attached hydrogen (secondary N) is 1. The second-order valence-electron chi connectivity index (χ2n) is 4.66. The molecule has 21 heavy (non-hydrogen) atoms. The lowest BCUT2D eigenvalue weighted by molar-refractivity contribution is 0.254. The van der Waals surface area contributed by atoms with Crippen LogP contribution in [0, 0.1) is 5.92 Å². The van der Waals surface area contributed by atoms with Gasteiger partial charge in [0, 0.05) is 19.2 Å². The molecule has 0 aromatic heterocycles. The lowest BCUT2D eigenvalue weighted by atomic mass is 10.0. The van der Waals surface area contributed by atoms with Gasteiger partial charge >= 0.3 is 0 Å². The topological polar surface area (TPSA) is 84.9 Å². The highest BCUT2D eigenvalue weighted by Gasteiger charge is 2.21. The highest BCUT2D eigenvalue weighted by Crippen LogP contribution is 2.28. The Morgan fingerprint density at radius 1 is 1.29 bits per heavy atom. The van der Waals surface area contributed by atoms with Crippen LogP contribution >= 0.6 is 0 Å². The van der Waals surface area contributed by atoms with Gasteiger partial charge in [-0.3, -0.25) is 0 Å². The Bertz CT molecular complexity index is 544. The van der Waals surface area contributed by atoms with Crippen LogP contribution in [0.1, 0.15) is 19.8 Å². The van der Waals surface area contributed by atoms with Gasteiger partial charge in [0.2, 0.25) is 10.0 Å². The van der Waals surface area contributed by atoms with Gasteiger partial charge in [0.05, 0.1) is 14.2 Å². The Morgan fingerprint density at radius 3 is 2.52 bits per heavy atom. The van der Waals surface area contributed by atoms with Crippen LogP contribution in [0.2, 0.25) is 0 Å². The summed E-state index contributed by atoms with van der Waals surface area (Å²) in [5, 5.41) is 8.94. The minimum absolute atomic E-state index is 0.0477. The molecule has 1 rings (SSSR count). The number of benzene rings is 1. The van der Waals surface area contributed by atoms with Crippen molar-refractivity contribution in [2.75, 3.05) is 27.4 Å². The van der Waals surface area contributed by atoms with Gasteiger partial charge < -0.3 is 14.6 Å². The van der Waals surface area contributed by atoms with Crippen LogP contribution in [-0.4, -0.2) is 40.9 Å². The molecular weight excluding hydrogens is 294 g/mol. The van der Waals surface area contributed by atoms with Crippen molar-refractivity contribution in [2.45, 2.75) is 24.7 Å². The van der Waals surface area contributed by atoms with E-state index in [1.165, 1.54) is 26.4 Å². The van der Waals surface area contributed by atoms with E-state index in [2.05, 4.69) is 4.72 Å². The second kappa shape index (κ2) is 8.21. The van der Waals surface area contributed by atoms with Crippen molar-refractivity contribution in [3.05, 3.63) is 18.2 Å². The summed E-state index contributed by atoms with van der Waals surface area (Å²) < 4.78 is 37.4. The van der Waals surface area contributed by atoms with E-state index in [0.717, 1.165) is 6.42 Å². The van der Waals surface area contributed by atoms with Crippen molar-refractivity contribution in [3.8, 4) is 11.5 Å². The zero-order valence-electron chi connectivity index (χ0n) is 12.6. The maximum Gasteiger partial charge on any atom is 0.244 e. The number of methoxy groups -OCH3 is 2. The summed E-state index contributed by atoms with van der Waals surface area (Å²) in [7, 11) is -0.751. The van der Waals surface area contributed by atoms with Gasteiger partial charge in [0.1, 0.15) is 16.4 Å². The quantitative estimate of drug-likeness (QED) is 0.719. The average Bonchev–Trinajstić information content (AvgIpc) is 2.50. The molecule has 0 radical (unpaired) electrons. The Hall–Kier alpha value is -1.31. The molecule has 1 unspecified atom stereocenters. The molecule has 120 valence electrons. The molecule has 0 aliphatic heterocycles. The van der Waals surface area contributed by atoms with Gasteiger partial charge in [-0.2, -0.15) is 0 Å². The zero-order valence-corrected chi connectivity index (χ0v) is 13.4. The molecule has 0 spiro atoms. The predicted molar refractivity (Wildman–Crippen MR) is 80.2 cm³/mol. The first-order chi connectivity index (χ1) is 9.98. The van der Waals surface area contributed by atoms with E-state index in [1.54, 1.807) is 6.07 Å². The Labute approximate surface area is 126 Å². The number of hydrogen-bond acceptors (Lipinski definition) is 5. The van der Waals surface area contributed by atoms with Crippen LogP contribution in [0.3, 0.4) is 0 Å². The van der Waals surface area contributed by atoms with E-state index < -0.39 is 10.0 Å². The van der Waals surface area contributed by atoms with Crippen LogP contribution in [0.4, 0.5) is 0 Å². The molecule has 0 saturated heterocycles. The van der Waals surface area contributed by atoms with Gasteiger partial charge in [0.15, 0.2) is 0 Å². The maximum absolute atomic E-state index is 12.3. The third-order valence-corrected chi connectivity index (χ3v) is 4.80. The van der Waals surface area contributed by atoms with Crippen LogP contribution in [-0.2, 0) is 10.0 Å². The summed E-state index contributed by atoms with van der Waals surface area (Å²) in [6, 6.07) is 4.55. The number of rotatable bonds is 9. The molecule has 1 aromatic carbocycles. The molecular formula is C14H23NO5S. The van der Waals surface area contributed by atoms with Crippen molar-refractivity contribution in [2.24, 2.45) is 5.92 Å². The molecule has 0 aliphatic carbocycles. The highest BCUT2D eigenvalue weighted by atomic mass is 32.2. The van der Waals surface area contributed by atoms with Gasteiger partial charge in [0.25, 0.3) is 0 Å². The molecule has 6 nitrogen and oxygen atoms in total. The minimum atomic E-state index is -3.66. The van der Waals surface area contributed by atoms with E-state index >= 15 is 0 Å². The second-order valence-corrected chi connectivity index (χ2v) is 6.39. The molecule has 0 bridgehead atoms. The number of aliphatic hydroxyl groups excluding tert-OH is 1. The van der Waals surface area contributed by atoms with E-state index in [9.17, 15) is 8.42 Å². The van der Waals surface area contributed by atoms with Crippen LogP contribution < -0.4 is 14.2 Å². The summed E-state index contributed by atoms with van der Waals surface area (Å²) in [6.07, 6.45) is 1.36. The molecule has 0 saturated carbocycles. The molecule has 0 aliphatic rings. The minimum Gasteiger partial charge on any atom is -0.497 e. The standard InChI is InChI=1S/C14H23NO5S/c1-4-11(7-8-16)10-15-21(17,18)14-6-5-12(19-2)9-13(14)20-3/h5-6,9,11,15-16H,4,7-8,10H2,1-3H3. The number of ether oxygens (including phenoxy) is 2. The smallest absolute Gasteiger partial charge is 0.244 e. The van der Waals surface area contributed by atoms with Gasteiger partial charge in [-0.25, -0.2) is 13.1 Å². The van der Waals surface area contributed by atoms with Gasteiger partial charge in [-0.05, 0) is 24.5 Å². The summed E-state index contributed by atoms with van der Waals surface area (Å²) in [5.74, 6) is 0.864. The van der Waals surface area contributed by atoms with E-state index in [0.29, 0.717) is 12.2 Å². The lowest BCUT2D eigenvalue weighted by Crippen LogP contribution is -2.30. The fraction of sp³-hybridized carbons (Fsp3) is 0.571. The fourth-order valence-electron chi connectivity index (χ4n) is 1.94. The normalized spacial score (nSPS) is 13.0. The van der Waals surface area contributed by atoms with Gasteiger partial charge in [-0.1, -0.05) is 13.3 Å². The van der Waals surface area contributed by atoms with Crippen molar-refractivity contribution < 1.29 is 23.0 Å². The van der Waals surface area contributed by atoms with Crippen molar-refractivity contribution in [1.82, 2.24) is 4.72 Å². The lowest BCUT2D eigenvalue weighted by Gasteiger charge is -2.16. The number of sulfonamides is 1. The Balaban J connectivity index is 2.92. The first-order valence-corrected chi connectivity index (χ1v) is 8.29. The van der Waals surface area contributed by atoms with Crippen LogP contribution in [0.15, 0.2) is 23.1 Å². The monoisotopic (exact) mass is 317 g/mol. The van der Waals surface area contributed by atoms with Crippen molar-refractivity contribution in [3.63, 3.8) is 0 Å². The third-order valence-electron chi connectivity index (χ3n) is 3.34. The molecule has 2 N–H and O–H groups in total. The first-order valence-electron chi connectivity index (χ1n) is 6.81. The summed E-state index contributed by atoms with van der Waals surface area (Å²) >= 11 is 0.